The molecule has 0 aliphatic carbocycles. The standard InChI is InChI=1S/C13H15N3O/c1-17-9-10-4-2-3-5-13(10)16-12-6-11(14)7-15-8-12/h2-8,16H,9,14H2,1H3. The summed E-state index contributed by atoms with van der Waals surface area (Å²) >= 11 is 0. The Kier molecular flexibility index (Phi) is 3.57. The van der Waals surface area contributed by atoms with Crippen molar-refractivity contribution in [3.63, 3.8) is 0 Å². The number of nitrogens with two attached hydrogens (primary N) is 1. The van der Waals surface area contributed by atoms with E-state index in [2.05, 4.69) is 10.3 Å². The van der Waals surface area contributed by atoms with E-state index in [1.807, 2.05) is 30.3 Å². The number of nitrogens with one attached hydrogen (secondary N) is 1. The Bertz CT molecular complexity index is 500. The molecule has 0 aliphatic rings. The van der Waals surface area contributed by atoms with Gasteiger partial charge in [-0.1, -0.05) is 18.2 Å². The van der Waals surface area contributed by atoms with Gasteiger partial charge in [0.05, 0.1) is 24.2 Å². The van der Waals surface area contributed by atoms with E-state index in [0.29, 0.717) is 12.3 Å². The molecule has 4 nitrogen and oxygen atoms in total. The first kappa shape index (κ1) is 11.4. The summed E-state index contributed by atoms with van der Waals surface area (Å²) in [5.74, 6) is 0. The van der Waals surface area contributed by atoms with Crippen LogP contribution in [0.1, 0.15) is 5.56 Å². The van der Waals surface area contributed by atoms with Gasteiger partial charge in [-0.3, -0.25) is 4.98 Å². The van der Waals surface area contributed by atoms with Gasteiger partial charge in [0.15, 0.2) is 0 Å². The van der Waals surface area contributed by atoms with Gasteiger partial charge in [0, 0.05) is 24.6 Å². The topological polar surface area (TPSA) is 60.2 Å². The first-order valence-corrected chi connectivity index (χ1v) is 5.34. The van der Waals surface area contributed by atoms with Crippen molar-refractivity contribution in [1.82, 2.24) is 4.98 Å². The number of nitrogens with zero attached hydrogens (tertiary/aromatic N) is 1. The SMILES string of the molecule is COCc1ccccc1Nc1cncc(N)c1. The monoisotopic (exact) mass is 229 g/mol. The second-order valence-electron chi connectivity index (χ2n) is 3.72. The molecule has 2 aromatic rings. The second-order valence-corrected chi connectivity index (χ2v) is 3.72. The van der Waals surface area contributed by atoms with Gasteiger partial charge >= 0.3 is 0 Å². The van der Waals surface area contributed by atoms with Gasteiger partial charge in [-0.15, -0.1) is 0 Å². The van der Waals surface area contributed by atoms with E-state index < -0.39 is 0 Å². The van der Waals surface area contributed by atoms with Crippen LogP contribution in [0.5, 0.6) is 0 Å². The predicted octanol–water partition coefficient (Wildman–Crippen LogP) is 2.55. The lowest BCUT2D eigenvalue weighted by Gasteiger charge is -2.11. The Morgan fingerprint density at radius 3 is 2.88 bits per heavy atom. The third-order valence-corrected chi connectivity index (χ3v) is 2.36. The number of benzene rings is 1. The summed E-state index contributed by atoms with van der Waals surface area (Å²) in [5.41, 5.74) is 9.29. The van der Waals surface area contributed by atoms with Gasteiger partial charge < -0.3 is 15.8 Å². The highest BCUT2D eigenvalue weighted by Crippen LogP contribution is 2.21. The summed E-state index contributed by atoms with van der Waals surface area (Å²) in [6.07, 6.45) is 3.35. The van der Waals surface area contributed by atoms with Crippen molar-refractivity contribution in [2.75, 3.05) is 18.2 Å². The molecule has 17 heavy (non-hydrogen) atoms. The van der Waals surface area contributed by atoms with E-state index in [0.717, 1.165) is 16.9 Å². The molecule has 88 valence electrons. The molecule has 1 aromatic heterocycles. The number of para-hydroxylation sites is 1. The normalized spacial score (nSPS) is 10.2. The smallest absolute Gasteiger partial charge is 0.0733 e. The lowest BCUT2D eigenvalue weighted by Crippen LogP contribution is -1.98. The van der Waals surface area contributed by atoms with E-state index in [-0.39, 0.29) is 0 Å². The van der Waals surface area contributed by atoms with Gasteiger partial charge in [-0.2, -0.15) is 0 Å². The molecule has 0 amide bonds. The second kappa shape index (κ2) is 5.32. The number of methoxy groups -OCH3 is 1. The zero-order valence-electron chi connectivity index (χ0n) is 9.68. The van der Waals surface area contributed by atoms with E-state index in [1.54, 1.807) is 19.5 Å². The van der Waals surface area contributed by atoms with Crippen LogP contribution in [0.25, 0.3) is 0 Å². The summed E-state index contributed by atoms with van der Waals surface area (Å²) in [4.78, 5) is 4.04. The minimum absolute atomic E-state index is 0.568. The maximum absolute atomic E-state index is 5.68. The van der Waals surface area contributed by atoms with Crippen LogP contribution in [0.2, 0.25) is 0 Å². The van der Waals surface area contributed by atoms with Crippen LogP contribution >= 0.6 is 0 Å². The lowest BCUT2D eigenvalue weighted by molar-refractivity contribution is 0.185. The molecule has 0 fully saturated rings. The Hall–Kier alpha value is -2.07. The third-order valence-electron chi connectivity index (χ3n) is 2.36. The van der Waals surface area contributed by atoms with Gasteiger partial charge in [0.1, 0.15) is 0 Å². The van der Waals surface area contributed by atoms with E-state index in [1.165, 1.54) is 0 Å². The highest BCUT2D eigenvalue weighted by atomic mass is 16.5. The van der Waals surface area contributed by atoms with Crippen LogP contribution in [0.3, 0.4) is 0 Å². The number of aromatic nitrogens is 1. The quantitative estimate of drug-likeness (QED) is 0.845. The van der Waals surface area contributed by atoms with Crippen LogP contribution in [0.15, 0.2) is 42.7 Å². The molecule has 0 aliphatic heterocycles. The molecule has 0 atom stereocenters. The van der Waals surface area contributed by atoms with Crippen molar-refractivity contribution in [1.29, 1.82) is 0 Å². The van der Waals surface area contributed by atoms with Gasteiger partial charge in [0.2, 0.25) is 0 Å². The fourth-order valence-corrected chi connectivity index (χ4v) is 1.61. The molecule has 4 heteroatoms. The fourth-order valence-electron chi connectivity index (χ4n) is 1.61. The average molecular weight is 229 g/mol. The number of hydrogen-bond acceptors (Lipinski definition) is 4. The van der Waals surface area contributed by atoms with Crippen molar-refractivity contribution in [2.45, 2.75) is 6.61 Å². The van der Waals surface area contributed by atoms with Crippen LogP contribution in [-0.2, 0) is 11.3 Å². The molecule has 0 unspecified atom stereocenters. The van der Waals surface area contributed by atoms with E-state index in [9.17, 15) is 0 Å². The lowest BCUT2D eigenvalue weighted by atomic mass is 10.2. The maximum Gasteiger partial charge on any atom is 0.0733 e. The fraction of sp³-hybridized carbons (Fsp3) is 0.154. The first-order valence-electron chi connectivity index (χ1n) is 5.34. The van der Waals surface area contributed by atoms with Crippen LogP contribution in [0, 0.1) is 0 Å². The van der Waals surface area contributed by atoms with Crippen molar-refractivity contribution < 1.29 is 4.74 Å². The number of anilines is 3. The largest absolute Gasteiger partial charge is 0.397 e. The molecule has 0 spiro atoms. The maximum atomic E-state index is 5.68. The van der Waals surface area contributed by atoms with Gasteiger partial charge in [-0.25, -0.2) is 0 Å². The minimum atomic E-state index is 0.568. The molecular weight excluding hydrogens is 214 g/mol. The number of rotatable bonds is 4. The predicted molar refractivity (Wildman–Crippen MR) is 69.1 cm³/mol. The molecule has 1 aromatic carbocycles. The molecule has 0 saturated carbocycles. The molecule has 2 rings (SSSR count). The highest BCUT2D eigenvalue weighted by molar-refractivity contribution is 5.64. The average Bonchev–Trinajstić information content (AvgIpc) is 2.32. The Balaban J connectivity index is 2.23. The Morgan fingerprint density at radius 1 is 1.29 bits per heavy atom. The van der Waals surface area contributed by atoms with Crippen molar-refractivity contribution >= 4 is 17.1 Å². The van der Waals surface area contributed by atoms with Gasteiger partial charge in [-0.05, 0) is 12.1 Å². The van der Waals surface area contributed by atoms with Crippen LogP contribution in [0.4, 0.5) is 17.1 Å². The highest BCUT2D eigenvalue weighted by Gasteiger charge is 2.02. The van der Waals surface area contributed by atoms with E-state index >= 15 is 0 Å². The van der Waals surface area contributed by atoms with Crippen molar-refractivity contribution in [3.05, 3.63) is 48.3 Å². The number of ether oxygens (including phenoxy) is 1. The summed E-state index contributed by atoms with van der Waals surface area (Å²) in [6, 6.07) is 9.82. The zero-order valence-corrected chi connectivity index (χ0v) is 9.68. The van der Waals surface area contributed by atoms with Crippen LogP contribution < -0.4 is 11.1 Å². The number of hydrogen-bond donors (Lipinski definition) is 2. The first-order chi connectivity index (χ1) is 8.29. The summed E-state index contributed by atoms with van der Waals surface area (Å²) in [6.45, 7) is 0.568. The Morgan fingerprint density at radius 2 is 2.12 bits per heavy atom. The molecule has 0 saturated heterocycles. The molecule has 0 bridgehead atoms. The Labute approximate surface area is 100 Å². The van der Waals surface area contributed by atoms with Gasteiger partial charge in [0.25, 0.3) is 0 Å². The van der Waals surface area contributed by atoms with Crippen molar-refractivity contribution in [2.24, 2.45) is 0 Å². The minimum Gasteiger partial charge on any atom is -0.397 e. The molecule has 1 heterocycles. The zero-order chi connectivity index (χ0) is 12.1. The molecule has 3 N–H and O–H groups in total. The molecular formula is C13H15N3O. The molecule has 0 radical (unpaired) electrons. The third kappa shape index (κ3) is 2.95. The summed E-state index contributed by atoms with van der Waals surface area (Å²) in [7, 11) is 1.68. The number of nitrogen functional groups attached to an aromatic ring is 1. The summed E-state index contributed by atoms with van der Waals surface area (Å²) in [5, 5.41) is 3.28. The van der Waals surface area contributed by atoms with Crippen molar-refractivity contribution in [3.8, 4) is 0 Å². The van der Waals surface area contributed by atoms with Crippen LogP contribution in [-0.4, -0.2) is 12.1 Å². The van der Waals surface area contributed by atoms with E-state index in [4.69, 9.17) is 10.5 Å². The number of pyridine rings is 1. The summed E-state index contributed by atoms with van der Waals surface area (Å²) < 4.78 is 5.15.